The van der Waals surface area contributed by atoms with Gasteiger partial charge in [-0.25, -0.2) is 0 Å². The van der Waals surface area contributed by atoms with Crippen molar-refractivity contribution >= 4 is 23.0 Å². The van der Waals surface area contributed by atoms with Gasteiger partial charge in [0.2, 0.25) is 0 Å². The lowest BCUT2D eigenvalue weighted by Gasteiger charge is -2.21. The van der Waals surface area contributed by atoms with Crippen LogP contribution in [0.2, 0.25) is 0 Å². The van der Waals surface area contributed by atoms with Crippen LogP contribution < -0.4 is 19.7 Å². The first-order chi connectivity index (χ1) is 14.0. The number of hydrogen-bond donors (Lipinski definition) is 1. The number of ether oxygens (including phenoxy) is 2. The van der Waals surface area contributed by atoms with E-state index in [9.17, 15) is 4.79 Å². The molecule has 0 atom stereocenters. The number of methoxy groups -OCH3 is 2. The number of nitrogens with one attached hydrogen (secondary N) is 1. The van der Waals surface area contributed by atoms with E-state index in [4.69, 9.17) is 9.47 Å². The number of aryl methyl sites for hydroxylation is 1. The average Bonchev–Trinajstić information content (AvgIpc) is 2.74. The fraction of sp³-hybridized carbons (Fsp3) is 0.217. The Morgan fingerprint density at radius 3 is 2.48 bits per heavy atom. The van der Waals surface area contributed by atoms with Crippen molar-refractivity contribution in [2.45, 2.75) is 13.8 Å². The molecule has 0 unspecified atom stereocenters. The molecule has 0 bridgehead atoms. The van der Waals surface area contributed by atoms with E-state index < -0.39 is 0 Å². The van der Waals surface area contributed by atoms with Crippen molar-refractivity contribution in [3.63, 3.8) is 0 Å². The zero-order valence-corrected chi connectivity index (χ0v) is 17.1. The number of nitrogens with zero attached hydrogens (tertiary/aromatic N) is 2. The third kappa shape index (κ3) is 4.66. The molecule has 3 rings (SSSR count). The third-order valence-electron chi connectivity index (χ3n) is 4.53. The van der Waals surface area contributed by atoms with Gasteiger partial charge in [-0.3, -0.25) is 9.78 Å². The van der Waals surface area contributed by atoms with Gasteiger partial charge in [0, 0.05) is 30.2 Å². The Bertz CT molecular complexity index is 1000. The molecule has 1 amide bonds. The van der Waals surface area contributed by atoms with Gasteiger partial charge in [0.15, 0.2) is 11.5 Å². The summed E-state index contributed by atoms with van der Waals surface area (Å²) < 4.78 is 10.6. The number of carbonyl (C=O) groups is 1. The maximum Gasteiger partial charge on any atom is 0.259 e. The minimum Gasteiger partial charge on any atom is -0.493 e. The van der Waals surface area contributed by atoms with Crippen LogP contribution in [-0.4, -0.2) is 31.7 Å². The molecule has 0 saturated carbocycles. The molecule has 0 radical (unpaired) electrons. The number of rotatable bonds is 7. The number of carbonyl (C=O) groups excluding carboxylic acids is 1. The fourth-order valence-corrected chi connectivity index (χ4v) is 3.10. The highest BCUT2D eigenvalue weighted by molar-refractivity contribution is 6.06. The molecule has 2 aromatic carbocycles. The van der Waals surface area contributed by atoms with E-state index in [2.05, 4.69) is 10.3 Å². The third-order valence-corrected chi connectivity index (χ3v) is 4.53. The molecule has 29 heavy (non-hydrogen) atoms. The molecule has 0 fully saturated rings. The smallest absolute Gasteiger partial charge is 0.259 e. The van der Waals surface area contributed by atoms with E-state index in [1.54, 1.807) is 37.6 Å². The predicted octanol–water partition coefficient (Wildman–Crippen LogP) is 4.82. The summed E-state index contributed by atoms with van der Waals surface area (Å²) in [5.74, 6) is 1.17. The van der Waals surface area contributed by atoms with E-state index >= 15 is 0 Å². The Hall–Kier alpha value is -3.54. The van der Waals surface area contributed by atoms with Crippen molar-refractivity contribution in [2.24, 2.45) is 0 Å². The normalized spacial score (nSPS) is 10.3. The standard InChI is InChI=1S/C23H25N3O3/c1-5-26(20-8-6-7-16(2)11-20)23(27)17-12-19(15-24-14-17)25-18-9-10-21(28-3)22(13-18)29-4/h6-15,25H,5H2,1-4H3. The molecule has 6 heteroatoms. The quantitative estimate of drug-likeness (QED) is 0.626. The Morgan fingerprint density at radius 2 is 1.79 bits per heavy atom. The zero-order chi connectivity index (χ0) is 20.8. The van der Waals surface area contributed by atoms with Crippen LogP contribution in [-0.2, 0) is 0 Å². The van der Waals surface area contributed by atoms with Crippen LogP contribution in [0, 0.1) is 6.92 Å². The van der Waals surface area contributed by atoms with E-state index in [1.165, 1.54) is 0 Å². The SMILES string of the molecule is CCN(C(=O)c1cncc(Nc2ccc(OC)c(OC)c2)c1)c1cccc(C)c1. The summed E-state index contributed by atoms with van der Waals surface area (Å²) in [6.45, 7) is 4.53. The zero-order valence-electron chi connectivity index (χ0n) is 17.1. The van der Waals surface area contributed by atoms with Crippen LogP contribution >= 0.6 is 0 Å². The van der Waals surface area contributed by atoms with Gasteiger partial charge in [0.1, 0.15) is 0 Å². The van der Waals surface area contributed by atoms with Crippen LogP contribution in [0.1, 0.15) is 22.8 Å². The summed E-state index contributed by atoms with van der Waals surface area (Å²) in [5, 5.41) is 3.26. The molecule has 6 nitrogen and oxygen atoms in total. The minimum absolute atomic E-state index is 0.0958. The van der Waals surface area contributed by atoms with Gasteiger partial charge in [-0.15, -0.1) is 0 Å². The second kappa shape index (κ2) is 9.10. The van der Waals surface area contributed by atoms with Crippen LogP contribution in [0.15, 0.2) is 60.9 Å². The molecular formula is C23H25N3O3. The minimum atomic E-state index is -0.0958. The molecule has 150 valence electrons. The van der Waals surface area contributed by atoms with E-state index in [1.807, 2.05) is 56.3 Å². The van der Waals surface area contributed by atoms with Crippen LogP contribution in [0.5, 0.6) is 11.5 Å². The van der Waals surface area contributed by atoms with Crippen molar-refractivity contribution in [3.05, 3.63) is 72.1 Å². The van der Waals surface area contributed by atoms with E-state index in [0.29, 0.717) is 29.3 Å². The monoisotopic (exact) mass is 391 g/mol. The van der Waals surface area contributed by atoms with Gasteiger partial charge >= 0.3 is 0 Å². The largest absolute Gasteiger partial charge is 0.493 e. The van der Waals surface area contributed by atoms with Gasteiger partial charge in [-0.2, -0.15) is 0 Å². The Kier molecular flexibility index (Phi) is 6.34. The van der Waals surface area contributed by atoms with Gasteiger partial charge in [0.05, 0.1) is 31.7 Å². The maximum atomic E-state index is 13.1. The number of hydrogen-bond acceptors (Lipinski definition) is 5. The summed E-state index contributed by atoms with van der Waals surface area (Å²) in [6, 6.07) is 15.2. The van der Waals surface area contributed by atoms with Crippen molar-refractivity contribution in [2.75, 3.05) is 31.0 Å². The second-order valence-electron chi connectivity index (χ2n) is 6.55. The summed E-state index contributed by atoms with van der Waals surface area (Å²) >= 11 is 0. The first-order valence-corrected chi connectivity index (χ1v) is 9.38. The van der Waals surface area contributed by atoms with Crippen LogP contribution in [0.3, 0.4) is 0 Å². The summed E-state index contributed by atoms with van der Waals surface area (Å²) in [5.41, 5.74) is 4.01. The summed E-state index contributed by atoms with van der Waals surface area (Å²) in [7, 11) is 3.19. The Labute approximate surface area is 171 Å². The molecule has 0 saturated heterocycles. The van der Waals surface area contributed by atoms with Crippen molar-refractivity contribution in [3.8, 4) is 11.5 Å². The first-order valence-electron chi connectivity index (χ1n) is 9.38. The average molecular weight is 391 g/mol. The predicted molar refractivity (Wildman–Crippen MR) is 116 cm³/mol. The highest BCUT2D eigenvalue weighted by atomic mass is 16.5. The highest BCUT2D eigenvalue weighted by Crippen LogP contribution is 2.31. The second-order valence-corrected chi connectivity index (χ2v) is 6.55. The molecule has 1 N–H and O–H groups in total. The molecule has 1 aromatic heterocycles. The van der Waals surface area contributed by atoms with Crippen molar-refractivity contribution in [1.29, 1.82) is 0 Å². The summed E-state index contributed by atoms with van der Waals surface area (Å²) in [6.07, 6.45) is 3.26. The van der Waals surface area contributed by atoms with E-state index in [0.717, 1.165) is 16.9 Å². The number of benzene rings is 2. The molecule has 1 heterocycles. The van der Waals surface area contributed by atoms with Crippen LogP contribution in [0.25, 0.3) is 0 Å². The molecule has 0 spiro atoms. The lowest BCUT2D eigenvalue weighted by molar-refractivity contribution is 0.0988. The fourth-order valence-electron chi connectivity index (χ4n) is 3.10. The van der Waals surface area contributed by atoms with Crippen LogP contribution in [0.4, 0.5) is 17.1 Å². The van der Waals surface area contributed by atoms with Gasteiger partial charge in [-0.1, -0.05) is 12.1 Å². The molecule has 0 aliphatic rings. The van der Waals surface area contributed by atoms with Crippen molar-refractivity contribution < 1.29 is 14.3 Å². The van der Waals surface area contributed by atoms with Gasteiger partial charge in [0.25, 0.3) is 5.91 Å². The molecular weight excluding hydrogens is 366 g/mol. The molecule has 0 aliphatic carbocycles. The number of aromatic nitrogens is 1. The number of pyridine rings is 1. The van der Waals surface area contributed by atoms with Crippen molar-refractivity contribution in [1.82, 2.24) is 4.98 Å². The molecule has 3 aromatic rings. The topological polar surface area (TPSA) is 63.7 Å². The highest BCUT2D eigenvalue weighted by Gasteiger charge is 2.17. The van der Waals surface area contributed by atoms with Gasteiger partial charge in [-0.05, 0) is 49.7 Å². The summed E-state index contributed by atoms with van der Waals surface area (Å²) in [4.78, 5) is 19.1. The lowest BCUT2D eigenvalue weighted by atomic mass is 10.1. The lowest BCUT2D eigenvalue weighted by Crippen LogP contribution is -2.30. The molecule has 0 aliphatic heterocycles. The number of amides is 1. The first kappa shape index (κ1) is 20.2. The number of anilines is 3. The van der Waals surface area contributed by atoms with E-state index in [-0.39, 0.29) is 5.91 Å². The Balaban J connectivity index is 1.84. The Morgan fingerprint density at radius 1 is 1.00 bits per heavy atom. The maximum absolute atomic E-state index is 13.1. The van der Waals surface area contributed by atoms with Gasteiger partial charge < -0.3 is 19.7 Å².